The molecule has 2 aliphatic rings. The van der Waals surface area contributed by atoms with Crippen molar-refractivity contribution in [2.75, 3.05) is 26.7 Å². The van der Waals surface area contributed by atoms with Gasteiger partial charge >= 0.3 is 0 Å². The van der Waals surface area contributed by atoms with Crippen LogP contribution in [-0.2, 0) is 4.74 Å². The molecule has 3 nitrogen and oxygen atoms in total. The second-order valence-electron chi connectivity index (χ2n) is 6.79. The van der Waals surface area contributed by atoms with E-state index in [1.54, 1.807) is 0 Å². The zero-order chi connectivity index (χ0) is 14.4. The van der Waals surface area contributed by atoms with Crippen LogP contribution in [0.15, 0.2) is 0 Å². The number of nitrogens with zero attached hydrogens (tertiary/aromatic N) is 1. The van der Waals surface area contributed by atoms with Gasteiger partial charge < -0.3 is 15.0 Å². The van der Waals surface area contributed by atoms with Crippen molar-refractivity contribution in [3.63, 3.8) is 0 Å². The van der Waals surface area contributed by atoms with Gasteiger partial charge in [0.05, 0.1) is 12.2 Å². The van der Waals surface area contributed by atoms with Gasteiger partial charge in [0.15, 0.2) is 0 Å². The van der Waals surface area contributed by atoms with E-state index in [0.29, 0.717) is 12.2 Å². The van der Waals surface area contributed by atoms with Gasteiger partial charge in [-0.3, -0.25) is 0 Å². The molecule has 118 valence electrons. The molecule has 20 heavy (non-hydrogen) atoms. The Balaban J connectivity index is 1.66. The average molecular weight is 282 g/mol. The van der Waals surface area contributed by atoms with E-state index < -0.39 is 0 Å². The zero-order valence-electron chi connectivity index (χ0n) is 13.7. The van der Waals surface area contributed by atoms with Crippen molar-refractivity contribution in [1.82, 2.24) is 10.2 Å². The molecule has 0 bridgehead atoms. The van der Waals surface area contributed by atoms with E-state index in [0.717, 1.165) is 31.6 Å². The molecular weight excluding hydrogens is 248 g/mol. The Morgan fingerprint density at radius 3 is 2.35 bits per heavy atom. The first kappa shape index (κ1) is 16.3. The van der Waals surface area contributed by atoms with Crippen LogP contribution in [0.2, 0.25) is 0 Å². The van der Waals surface area contributed by atoms with Crippen molar-refractivity contribution in [2.24, 2.45) is 5.92 Å². The summed E-state index contributed by atoms with van der Waals surface area (Å²) >= 11 is 0. The van der Waals surface area contributed by atoms with E-state index in [-0.39, 0.29) is 0 Å². The van der Waals surface area contributed by atoms with Crippen LogP contribution in [0.5, 0.6) is 0 Å². The molecule has 0 aromatic rings. The van der Waals surface area contributed by atoms with Gasteiger partial charge in [0.1, 0.15) is 0 Å². The molecule has 2 rings (SSSR count). The highest BCUT2D eigenvalue weighted by atomic mass is 16.5. The lowest BCUT2D eigenvalue weighted by Gasteiger charge is -2.35. The van der Waals surface area contributed by atoms with Crippen molar-refractivity contribution in [1.29, 1.82) is 0 Å². The van der Waals surface area contributed by atoms with Gasteiger partial charge in [-0.15, -0.1) is 0 Å². The third-order valence-electron chi connectivity index (χ3n) is 5.33. The molecular formula is C17H34N2O. The molecule has 1 N–H and O–H groups in total. The highest BCUT2D eigenvalue weighted by Crippen LogP contribution is 2.30. The van der Waals surface area contributed by atoms with Crippen LogP contribution in [0.25, 0.3) is 0 Å². The summed E-state index contributed by atoms with van der Waals surface area (Å²) in [5.41, 5.74) is 0. The molecule has 2 atom stereocenters. The quantitative estimate of drug-likeness (QED) is 0.777. The van der Waals surface area contributed by atoms with Crippen LogP contribution in [0, 0.1) is 5.92 Å². The first-order chi connectivity index (χ1) is 9.72. The molecule has 0 amide bonds. The third-order valence-corrected chi connectivity index (χ3v) is 5.33. The van der Waals surface area contributed by atoms with E-state index >= 15 is 0 Å². The molecule has 1 saturated heterocycles. The largest absolute Gasteiger partial charge is 0.372 e. The molecule has 0 spiro atoms. The number of rotatable bonds is 7. The van der Waals surface area contributed by atoms with E-state index in [4.69, 9.17) is 4.74 Å². The molecule has 0 aromatic carbocycles. The first-order valence-corrected chi connectivity index (χ1v) is 8.79. The average Bonchev–Trinajstić information content (AvgIpc) is 2.92. The van der Waals surface area contributed by atoms with Crippen molar-refractivity contribution in [3.05, 3.63) is 0 Å². The van der Waals surface area contributed by atoms with Crippen molar-refractivity contribution >= 4 is 0 Å². The Bertz CT molecular complexity index is 264. The Kier molecular flexibility index (Phi) is 6.79. The van der Waals surface area contributed by atoms with E-state index in [2.05, 4.69) is 31.1 Å². The zero-order valence-corrected chi connectivity index (χ0v) is 13.7. The normalized spacial score (nSPS) is 34.8. The van der Waals surface area contributed by atoms with Crippen molar-refractivity contribution in [2.45, 2.75) is 77.0 Å². The molecule has 1 heterocycles. The lowest BCUT2D eigenvalue weighted by molar-refractivity contribution is 0.0157. The predicted octanol–water partition coefficient (Wildman–Crippen LogP) is 3.04. The number of nitrogens with one attached hydrogen (secondary N) is 1. The van der Waals surface area contributed by atoms with Crippen LogP contribution < -0.4 is 5.32 Å². The number of likely N-dealkylation sites (N-methyl/N-ethyl adjacent to an activating group) is 2. The smallest absolute Gasteiger partial charge is 0.0707 e. The molecule has 1 aliphatic carbocycles. The molecule has 2 fully saturated rings. The Morgan fingerprint density at radius 2 is 1.70 bits per heavy atom. The van der Waals surface area contributed by atoms with Crippen molar-refractivity contribution in [3.8, 4) is 0 Å². The fourth-order valence-electron chi connectivity index (χ4n) is 3.83. The highest BCUT2D eigenvalue weighted by molar-refractivity contribution is 4.82. The fourth-order valence-corrected chi connectivity index (χ4v) is 3.83. The Morgan fingerprint density at radius 1 is 1.00 bits per heavy atom. The van der Waals surface area contributed by atoms with E-state index in [1.165, 1.54) is 44.9 Å². The van der Waals surface area contributed by atoms with Crippen molar-refractivity contribution < 1.29 is 4.74 Å². The maximum Gasteiger partial charge on any atom is 0.0707 e. The van der Waals surface area contributed by atoms with E-state index in [9.17, 15) is 0 Å². The number of hydrogen-bond acceptors (Lipinski definition) is 3. The topological polar surface area (TPSA) is 24.5 Å². The minimum Gasteiger partial charge on any atom is -0.372 e. The van der Waals surface area contributed by atoms with E-state index in [1.807, 2.05) is 0 Å². The second kappa shape index (κ2) is 8.35. The summed E-state index contributed by atoms with van der Waals surface area (Å²) in [5.74, 6) is 0.992. The summed E-state index contributed by atoms with van der Waals surface area (Å²) in [5, 5.41) is 3.40. The summed E-state index contributed by atoms with van der Waals surface area (Å²) in [6, 6.07) is 0.800. The predicted molar refractivity (Wildman–Crippen MR) is 85.1 cm³/mol. The molecule has 1 aliphatic heterocycles. The second-order valence-corrected chi connectivity index (χ2v) is 6.79. The first-order valence-electron chi connectivity index (χ1n) is 8.79. The minimum atomic E-state index is 0.448. The maximum atomic E-state index is 6.16. The SMILES string of the molecule is CCNCC1CCC(CN(C)C2CCC(CC)CC2)O1. The van der Waals surface area contributed by atoms with Crippen LogP contribution in [0.1, 0.15) is 58.8 Å². The number of hydrogen-bond donors (Lipinski definition) is 1. The van der Waals surface area contributed by atoms with Gasteiger partial charge in [0, 0.05) is 19.1 Å². The van der Waals surface area contributed by atoms with Crippen LogP contribution in [-0.4, -0.2) is 49.8 Å². The van der Waals surface area contributed by atoms with Crippen LogP contribution in [0.3, 0.4) is 0 Å². The summed E-state index contributed by atoms with van der Waals surface area (Å²) in [4.78, 5) is 2.58. The monoisotopic (exact) mass is 282 g/mol. The Labute approximate surface area is 125 Å². The highest BCUT2D eigenvalue weighted by Gasteiger charge is 2.29. The molecule has 2 unspecified atom stereocenters. The van der Waals surface area contributed by atoms with Gasteiger partial charge in [-0.25, -0.2) is 0 Å². The lowest BCUT2D eigenvalue weighted by Crippen LogP contribution is -2.40. The fraction of sp³-hybridized carbons (Fsp3) is 1.00. The van der Waals surface area contributed by atoms with Gasteiger partial charge in [0.2, 0.25) is 0 Å². The van der Waals surface area contributed by atoms with Gasteiger partial charge in [-0.2, -0.15) is 0 Å². The van der Waals surface area contributed by atoms with Gasteiger partial charge in [-0.1, -0.05) is 20.3 Å². The molecule has 0 radical (unpaired) electrons. The minimum absolute atomic E-state index is 0.448. The Hall–Kier alpha value is -0.120. The lowest BCUT2D eigenvalue weighted by atomic mass is 9.84. The van der Waals surface area contributed by atoms with Crippen LogP contribution >= 0.6 is 0 Å². The summed E-state index contributed by atoms with van der Waals surface area (Å²) in [7, 11) is 2.30. The number of ether oxygens (including phenoxy) is 1. The van der Waals surface area contributed by atoms with Gasteiger partial charge in [-0.05, 0) is 58.0 Å². The molecule has 1 saturated carbocycles. The molecule has 0 aromatic heterocycles. The summed E-state index contributed by atoms with van der Waals surface area (Å²) < 4.78 is 6.16. The van der Waals surface area contributed by atoms with Crippen LogP contribution in [0.4, 0.5) is 0 Å². The maximum absolute atomic E-state index is 6.16. The third kappa shape index (κ3) is 4.71. The standard InChI is InChI=1S/C17H34N2O/c1-4-14-6-8-15(9-7-14)19(3)13-17-11-10-16(20-17)12-18-5-2/h14-18H,4-13H2,1-3H3. The molecule has 3 heteroatoms. The summed E-state index contributed by atoms with van der Waals surface area (Å²) in [6.07, 6.45) is 10.4. The van der Waals surface area contributed by atoms with Gasteiger partial charge in [0.25, 0.3) is 0 Å². The summed E-state index contributed by atoms with van der Waals surface area (Å²) in [6.45, 7) is 7.70.